The Morgan fingerprint density at radius 3 is 2.55 bits per heavy atom. The van der Waals surface area contributed by atoms with E-state index in [2.05, 4.69) is 0 Å². The number of amides is 1. The third-order valence-electron chi connectivity index (χ3n) is 3.42. The van der Waals surface area contributed by atoms with Gasteiger partial charge in [0, 0.05) is 18.4 Å². The van der Waals surface area contributed by atoms with Crippen LogP contribution in [0.3, 0.4) is 0 Å². The smallest absolute Gasteiger partial charge is 0.226 e. The number of hydrogen-bond acceptors (Lipinski definition) is 3. The van der Waals surface area contributed by atoms with Crippen molar-refractivity contribution in [1.82, 2.24) is 0 Å². The Labute approximate surface area is 119 Å². The molecule has 1 aromatic carbocycles. The van der Waals surface area contributed by atoms with Gasteiger partial charge in [-0.15, -0.1) is 0 Å². The van der Waals surface area contributed by atoms with Crippen LogP contribution in [0.15, 0.2) is 18.2 Å². The molecule has 4 nitrogen and oxygen atoms in total. The number of ether oxygens (including phenoxy) is 1. The van der Waals surface area contributed by atoms with E-state index in [1.165, 1.54) is 0 Å². The number of fused-ring (bicyclic) bond motifs is 1. The standard InChI is InChI=1S/C16H21NO3/c1-5-13(18)11-7-8-14-12(9-11)17(15(19)6-2)10-16(3,4)20-14/h7-9H,5-6,10H2,1-4H3. The van der Waals surface area contributed by atoms with Crippen LogP contribution >= 0.6 is 0 Å². The summed E-state index contributed by atoms with van der Waals surface area (Å²) >= 11 is 0. The minimum absolute atomic E-state index is 0.0451. The lowest BCUT2D eigenvalue weighted by atomic mass is 10.0. The van der Waals surface area contributed by atoms with E-state index < -0.39 is 5.60 Å². The molecule has 0 saturated carbocycles. The van der Waals surface area contributed by atoms with Crippen LogP contribution in [0.2, 0.25) is 0 Å². The Kier molecular flexibility index (Phi) is 3.84. The van der Waals surface area contributed by atoms with Crippen molar-refractivity contribution in [3.05, 3.63) is 23.8 Å². The number of hydrogen-bond donors (Lipinski definition) is 0. The number of benzene rings is 1. The average molecular weight is 275 g/mol. The van der Waals surface area contributed by atoms with Crippen molar-refractivity contribution < 1.29 is 14.3 Å². The van der Waals surface area contributed by atoms with Gasteiger partial charge in [-0.05, 0) is 32.0 Å². The number of carbonyl (C=O) groups excluding carboxylic acids is 2. The van der Waals surface area contributed by atoms with E-state index in [0.717, 1.165) is 0 Å². The van der Waals surface area contributed by atoms with Gasteiger partial charge >= 0.3 is 0 Å². The molecular formula is C16H21NO3. The predicted octanol–water partition coefficient (Wildman–Crippen LogP) is 3.19. The van der Waals surface area contributed by atoms with Gasteiger partial charge in [-0.1, -0.05) is 13.8 Å². The number of nitrogens with zero attached hydrogens (tertiary/aromatic N) is 1. The van der Waals surface area contributed by atoms with Crippen molar-refractivity contribution in [1.29, 1.82) is 0 Å². The Morgan fingerprint density at radius 2 is 1.95 bits per heavy atom. The highest BCUT2D eigenvalue weighted by Crippen LogP contribution is 2.38. The molecule has 1 aliphatic rings. The molecular weight excluding hydrogens is 254 g/mol. The fourth-order valence-corrected chi connectivity index (χ4v) is 2.40. The fraction of sp³-hybridized carbons (Fsp3) is 0.500. The molecule has 20 heavy (non-hydrogen) atoms. The topological polar surface area (TPSA) is 46.6 Å². The molecule has 1 aromatic rings. The van der Waals surface area contributed by atoms with Crippen LogP contribution in [0.1, 0.15) is 50.9 Å². The molecule has 0 spiro atoms. The van der Waals surface area contributed by atoms with Gasteiger partial charge in [-0.3, -0.25) is 9.59 Å². The lowest BCUT2D eigenvalue weighted by Gasteiger charge is -2.39. The van der Waals surface area contributed by atoms with Crippen molar-refractivity contribution in [2.24, 2.45) is 0 Å². The predicted molar refractivity (Wildman–Crippen MR) is 78.4 cm³/mol. The highest BCUT2D eigenvalue weighted by molar-refractivity contribution is 6.00. The summed E-state index contributed by atoms with van der Waals surface area (Å²) in [7, 11) is 0. The second kappa shape index (κ2) is 5.27. The van der Waals surface area contributed by atoms with Crippen LogP contribution in [0, 0.1) is 0 Å². The van der Waals surface area contributed by atoms with Crippen LogP contribution in [-0.4, -0.2) is 23.8 Å². The summed E-state index contributed by atoms with van der Waals surface area (Å²) in [6.45, 7) is 8.08. The molecule has 0 atom stereocenters. The minimum atomic E-state index is -0.423. The molecule has 108 valence electrons. The van der Waals surface area contributed by atoms with Gasteiger partial charge in [0.2, 0.25) is 5.91 Å². The molecule has 0 N–H and O–H groups in total. The summed E-state index contributed by atoms with van der Waals surface area (Å²) in [5.74, 6) is 0.779. The first-order chi connectivity index (χ1) is 9.38. The Hall–Kier alpha value is -1.84. The van der Waals surface area contributed by atoms with Crippen molar-refractivity contribution in [2.45, 2.75) is 46.1 Å². The summed E-state index contributed by atoms with van der Waals surface area (Å²) in [5.41, 5.74) is 0.910. The maximum atomic E-state index is 12.2. The largest absolute Gasteiger partial charge is 0.484 e. The van der Waals surface area contributed by atoms with E-state index in [4.69, 9.17) is 4.74 Å². The molecule has 1 heterocycles. The van der Waals surface area contributed by atoms with Gasteiger partial charge < -0.3 is 9.64 Å². The first kappa shape index (κ1) is 14.6. The summed E-state index contributed by atoms with van der Waals surface area (Å²) in [4.78, 5) is 25.7. The van der Waals surface area contributed by atoms with Crippen LogP contribution in [0.5, 0.6) is 5.75 Å². The number of rotatable bonds is 3. The normalized spacial score (nSPS) is 16.3. The third kappa shape index (κ3) is 2.69. The first-order valence-electron chi connectivity index (χ1n) is 7.04. The molecule has 0 radical (unpaired) electrons. The first-order valence-corrected chi connectivity index (χ1v) is 7.04. The quantitative estimate of drug-likeness (QED) is 0.796. The van der Waals surface area contributed by atoms with Gasteiger partial charge in [0.25, 0.3) is 0 Å². The Balaban J connectivity index is 2.49. The van der Waals surface area contributed by atoms with E-state index in [0.29, 0.717) is 36.4 Å². The molecule has 0 aromatic heterocycles. The molecule has 2 rings (SSSR count). The number of carbonyl (C=O) groups is 2. The molecule has 0 saturated heterocycles. The van der Waals surface area contributed by atoms with Gasteiger partial charge in [-0.2, -0.15) is 0 Å². The van der Waals surface area contributed by atoms with E-state index in [9.17, 15) is 9.59 Å². The molecule has 0 bridgehead atoms. The van der Waals surface area contributed by atoms with E-state index in [1.54, 1.807) is 23.1 Å². The second-order valence-electron chi connectivity index (χ2n) is 5.65. The lowest BCUT2D eigenvalue weighted by Crippen LogP contribution is -2.49. The highest BCUT2D eigenvalue weighted by atomic mass is 16.5. The van der Waals surface area contributed by atoms with E-state index in [1.807, 2.05) is 27.7 Å². The fourth-order valence-electron chi connectivity index (χ4n) is 2.40. The second-order valence-corrected chi connectivity index (χ2v) is 5.65. The van der Waals surface area contributed by atoms with Gasteiger partial charge in [-0.25, -0.2) is 0 Å². The zero-order valence-corrected chi connectivity index (χ0v) is 12.5. The highest BCUT2D eigenvalue weighted by Gasteiger charge is 2.34. The van der Waals surface area contributed by atoms with Crippen LogP contribution in [0.25, 0.3) is 0 Å². The zero-order valence-electron chi connectivity index (χ0n) is 12.5. The van der Waals surface area contributed by atoms with Gasteiger partial charge in [0.1, 0.15) is 11.4 Å². The maximum Gasteiger partial charge on any atom is 0.226 e. The summed E-state index contributed by atoms with van der Waals surface area (Å²) in [5, 5.41) is 0. The van der Waals surface area contributed by atoms with Crippen molar-refractivity contribution in [3.8, 4) is 5.75 Å². The SMILES string of the molecule is CCC(=O)c1ccc2c(c1)N(C(=O)CC)CC(C)(C)O2. The van der Waals surface area contributed by atoms with E-state index in [-0.39, 0.29) is 11.7 Å². The minimum Gasteiger partial charge on any atom is -0.484 e. The number of Topliss-reactive ketones (excluding diaryl/α,β-unsaturated/α-hetero) is 1. The van der Waals surface area contributed by atoms with Crippen LogP contribution in [0.4, 0.5) is 5.69 Å². The monoisotopic (exact) mass is 275 g/mol. The average Bonchev–Trinajstić information content (AvgIpc) is 2.43. The van der Waals surface area contributed by atoms with Crippen molar-refractivity contribution in [2.75, 3.05) is 11.4 Å². The summed E-state index contributed by atoms with van der Waals surface area (Å²) < 4.78 is 5.91. The number of ketones is 1. The molecule has 0 aliphatic carbocycles. The Bertz CT molecular complexity index is 549. The van der Waals surface area contributed by atoms with Gasteiger partial charge in [0.05, 0.1) is 12.2 Å². The molecule has 4 heteroatoms. The molecule has 1 amide bonds. The van der Waals surface area contributed by atoms with Crippen LogP contribution < -0.4 is 9.64 Å². The molecule has 0 fully saturated rings. The van der Waals surface area contributed by atoms with Crippen LogP contribution in [-0.2, 0) is 4.79 Å². The number of anilines is 1. The summed E-state index contributed by atoms with van der Waals surface area (Å²) in [6.07, 6.45) is 0.883. The molecule has 1 aliphatic heterocycles. The zero-order chi connectivity index (χ0) is 14.9. The lowest BCUT2D eigenvalue weighted by molar-refractivity contribution is -0.119. The maximum absolute atomic E-state index is 12.2. The van der Waals surface area contributed by atoms with Crippen molar-refractivity contribution >= 4 is 17.4 Å². The van der Waals surface area contributed by atoms with Gasteiger partial charge in [0.15, 0.2) is 5.78 Å². The third-order valence-corrected chi connectivity index (χ3v) is 3.42. The van der Waals surface area contributed by atoms with E-state index >= 15 is 0 Å². The van der Waals surface area contributed by atoms with Crippen molar-refractivity contribution in [3.63, 3.8) is 0 Å². The Morgan fingerprint density at radius 1 is 1.25 bits per heavy atom. The molecule has 0 unspecified atom stereocenters. The summed E-state index contributed by atoms with van der Waals surface area (Å²) in [6, 6.07) is 5.32.